The van der Waals surface area contributed by atoms with Gasteiger partial charge in [-0.1, -0.05) is 18.2 Å². The van der Waals surface area contributed by atoms with Crippen LogP contribution in [0, 0.1) is 6.92 Å². The Balaban J connectivity index is 2.47. The minimum atomic E-state index is 0.127. The van der Waals surface area contributed by atoms with Gasteiger partial charge in [-0.25, -0.2) is 0 Å². The van der Waals surface area contributed by atoms with E-state index in [-0.39, 0.29) is 5.91 Å². The van der Waals surface area contributed by atoms with Crippen molar-refractivity contribution in [2.24, 2.45) is 5.73 Å². The predicted octanol–water partition coefficient (Wildman–Crippen LogP) is 1.70. The maximum absolute atomic E-state index is 11.4. The third-order valence-corrected chi connectivity index (χ3v) is 2.79. The van der Waals surface area contributed by atoms with Crippen LogP contribution in [0.2, 0.25) is 0 Å². The van der Waals surface area contributed by atoms with E-state index in [4.69, 9.17) is 10.5 Å². The van der Waals surface area contributed by atoms with Crippen LogP contribution in [0.3, 0.4) is 0 Å². The first-order valence-corrected chi connectivity index (χ1v) is 6.17. The van der Waals surface area contributed by atoms with Crippen molar-refractivity contribution < 1.29 is 9.53 Å². The van der Waals surface area contributed by atoms with Crippen molar-refractivity contribution in [2.75, 3.05) is 20.7 Å². The molecule has 1 rings (SSSR count). The molecular weight excluding hydrogens is 228 g/mol. The molecule has 0 aliphatic carbocycles. The zero-order chi connectivity index (χ0) is 13.5. The highest BCUT2D eigenvalue weighted by Crippen LogP contribution is 2.23. The lowest BCUT2D eigenvalue weighted by atomic mass is 10.1. The number of hydrogen-bond donors (Lipinski definition) is 1. The summed E-state index contributed by atoms with van der Waals surface area (Å²) in [6.07, 6.45) is 1.23. The second kappa shape index (κ2) is 7.01. The highest BCUT2D eigenvalue weighted by Gasteiger charge is 2.07. The van der Waals surface area contributed by atoms with E-state index in [1.165, 1.54) is 0 Å². The minimum absolute atomic E-state index is 0.127. The summed E-state index contributed by atoms with van der Waals surface area (Å²) in [5, 5.41) is 0. The van der Waals surface area contributed by atoms with Crippen LogP contribution in [0.1, 0.15) is 24.0 Å². The van der Waals surface area contributed by atoms with Gasteiger partial charge in [0.2, 0.25) is 5.91 Å². The van der Waals surface area contributed by atoms with Crippen molar-refractivity contribution in [3.8, 4) is 5.75 Å². The van der Waals surface area contributed by atoms with Crippen LogP contribution in [0.4, 0.5) is 0 Å². The number of carbonyl (C=O) groups excluding carboxylic acids is 1. The molecule has 0 aromatic heterocycles. The van der Waals surface area contributed by atoms with Crippen LogP contribution in [0.15, 0.2) is 18.2 Å². The number of para-hydroxylation sites is 1. The summed E-state index contributed by atoms with van der Waals surface area (Å²) in [4.78, 5) is 13.0. The number of hydrogen-bond acceptors (Lipinski definition) is 3. The molecule has 0 aliphatic rings. The average molecular weight is 250 g/mol. The maximum Gasteiger partial charge on any atom is 0.222 e. The normalized spacial score (nSPS) is 10.2. The zero-order valence-electron chi connectivity index (χ0n) is 11.4. The Hall–Kier alpha value is -1.55. The molecule has 0 aliphatic heterocycles. The van der Waals surface area contributed by atoms with Gasteiger partial charge in [-0.3, -0.25) is 4.79 Å². The number of nitrogens with two attached hydrogens (primary N) is 1. The number of rotatable bonds is 6. The molecule has 1 amide bonds. The fourth-order valence-electron chi connectivity index (χ4n) is 1.70. The Morgan fingerprint density at radius 3 is 2.72 bits per heavy atom. The highest BCUT2D eigenvalue weighted by atomic mass is 16.5. The van der Waals surface area contributed by atoms with Gasteiger partial charge in [0.05, 0.1) is 6.61 Å². The van der Waals surface area contributed by atoms with Crippen molar-refractivity contribution in [3.63, 3.8) is 0 Å². The molecule has 0 saturated carbocycles. The second-order valence-electron chi connectivity index (χ2n) is 4.51. The first kappa shape index (κ1) is 14.5. The maximum atomic E-state index is 11.4. The highest BCUT2D eigenvalue weighted by molar-refractivity contribution is 5.75. The largest absolute Gasteiger partial charge is 0.493 e. The second-order valence-corrected chi connectivity index (χ2v) is 4.51. The van der Waals surface area contributed by atoms with Gasteiger partial charge >= 0.3 is 0 Å². The third-order valence-electron chi connectivity index (χ3n) is 2.79. The zero-order valence-corrected chi connectivity index (χ0v) is 11.4. The fourth-order valence-corrected chi connectivity index (χ4v) is 1.70. The molecule has 0 heterocycles. The Kier molecular flexibility index (Phi) is 5.65. The number of amides is 1. The van der Waals surface area contributed by atoms with Gasteiger partial charge in [0.1, 0.15) is 5.75 Å². The van der Waals surface area contributed by atoms with Crippen LogP contribution in [0.25, 0.3) is 0 Å². The molecule has 0 saturated heterocycles. The Morgan fingerprint density at radius 1 is 1.39 bits per heavy atom. The van der Waals surface area contributed by atoms with E-state index in [9.17, 15) is 4.79 Å². The van der Waals surface area contributed by atoms with Gasteiger partial charge in [0, 0.05) is 32.6 Å². The SMILES string of the molecule is Cc1cccc(CN)c1OCCCC(=O)N(C)C. The van der Waals surface area contributed by atoms with E-state index >= 15 is 0 Å². The summed E-state index contributed by atoms with van der Waals surface area (Å²) in [5.74, 6) is 0.986. The smallest absolute Gasteiger partial charge is 0.222 e. The fraction of sp³-hybridized carbons (Fsp3) is 0.500. The minimum Gasteiger partial charge on any atom is -0.493 e. The van der Waals surface area contributed by atoms with Gasteiger partial charge < -0.3 is 15.4 Å². The molecule has 100 valence electrons. The summed E-state index contributed by atoms with van der Waals surface area (Å²) in [6, 6.07) is 5.94. The molecule has 0 fully saturated rings. The van der Waals surface area contributed by atoms with Crippen LogP contribution in [-0.2, 0) is 11.3 Å². The van der Waals surface area contributed by atoms with Crippen molar-refractivity contribution in [2.45, 2.75) is 26.3 Å². The molecule has 4 nitrogen and oxygen atoms in total. The standard InChI is InChI=1S/C14H22N2O2/c1-11-6-4-7-12(10-15)14(11)18-9-5-8-13(17)16(2)3/h4,6-7H,5,8-10,15H2,1-3H3. The first-order chi connectivity index (χ1) is 8.56. The third kappa shape index (κ3) is 4.04. The van der Waals surface area contributed by atoms with Crippen LogP contribution >= 0.6 is 0 Å². The molecule has 0 unspecified atom stereocenters. The Bertz CT molecular complexity index is 403. The van der Waals surface area contributed by atoms with Gasteiger partial charge in [0.25, 0.3) is 0 Å². The van der Waals surface area contributed by atoms with Gasteiger partial charge in [-0.05, 0) is 18.9 Å². The number of carbonyl (C=O) groups is 1. The van der Waals surface area contributed by atoms with E-state index in [0.29, 0.717) is 19.6 Å². The van der Waals surface area contributed by atoms with Crippen LogP contribution < -0.4 is 10.5 Å². The Labute approximate surface area is 109 Å². The molecule has 2 N–H and O–H groups in total. The number of benzene rings is 1. The molecule has 0 radical (unpaired) electrons. The van der Waals surface area contributed by atoms with Crippen molar-refractivity contribution >= 4 is 5.91 Å². The van der Waals surface area contributed by atoms with Crippen LogP contribution in [0.5, 0.6) is 5.75 Å². The van der Waals surface area contributed by atoms with E-state index < -0.39 is 0 Å². The lowest BCUT2D eigenvalue weighted by molar-refractivity contribution is -0.128. The average Bonchev–Trinajstić information content (AvgIpc) is 2.35. The van der Waals surface area contributed by atoms with E-state index in [2.05, 4.69) is 0 Å². The quantitative estimate of drug-likeness (QED) is 0.782. The molecule has 1 aromatic carbocycles. The van der Waals surface area contributed by atoms with Gasteiger partial charge in [0.15, 0.2) is 0 Å². The predicted molar refractivity (Wildman–Crippen MR) is 72.5 cm³/mol. The first-order valence-electron chi connectivity index (χ1n) is 6.17. The number of nitrogens with zero attached hydrogens (tertiary/aromatic N) is 1. The molecule has 0 spiro atoms. The van der Waals surface area contributed by atoms with Gasteiger partial charge in [-0.2, -0.15) is 0 Å². The number of aryl methyl sites for hydroxylation is 1. The van der Waals surface area contributed by atoms with E-state index in [1.54, 1.807) is 19.0 Å². The van der Waals surface area contributed by atoms with Crippen molar-refractivity contribution in [3.05, 3.63) is 29.3 Å². The summed E-state index contributed by atoms with van der Waals surface area (Å²) in [7, 11) is 3.52. The summed E-state index contributed by atoms with van der Waals surface area (Å²) in [5.41, 5.74) is 7.76. The molecular formula is C14H22N2O2. The van der Waals surface area contributed by atoms with E-state index in [1.807, 2.05) is 25.1 Å². The lowest BCUT2D eigenvalue weighted by Gasteiger charge is -2.14. The van der Waals surface area contributed by atoms with Crippen LogP contribution in [-0.4, -0.2) is 31.5 Å². The molecule has 18 heavy (non-hydrogen) atoms. The molecule has 0 atom stereocenters. The monoisotopic (exact) mass is 250 g/mol. The van der Waals surface area contributed by atoms with Gasteiger partial charge in [-0.15, -0.1) is 0 Å². The molecule has 1 aromatic rings. The Morgan fingerprint density at radius 2 is 2.11 bits per heavy atom. The van der Waals surface area contributed by atoms with E-state index in [0.717, 1.165) is 23.3 Å². The van der Waals surface area contributed by atoms with Crippen molar-refractivity contribution in [1.82, 2.24) is 4.90 Å². The summed E-state index contributed by atoms with van der Waals surface area (Å²) >= 11 is 0. The topological polar surface area (TPSA) is 55.6 Å². The lowest BCUT2D eigenvalue weighted by Crippen LogP contribution is -2.21. The molecule has 0 bridgehead atoms. The summed E-state index contributed by atoms with van der Waals surface area (Å²) in [6.45, 7) is 3.00. The summed E-state index contributed by atoms with van der Waals surface area (Å²) < 4.78 is 5.74. The molecule has 4 heteroatoms. The number of ether oxygens (including phenoxy) is 1. The van der Waals surface area contributed by atoms with Crippen molar-refractivity contribution in [1.29, 1.82) is 0 Å².